The maximum Gasteiger partial charge on any atom is 0.118 e. The van der Waals surface area contributed by atoms with E-state index < -0.39 is 0 Å². The fraction of sp³-hybridized carbons (Fsp3) is 0.182. The van der Waals surface area contributed by atoms with Crippen molar-refractivity contribution in [3.8, 4) is 5.75 Å². The van der Waals surface area contributed by atoms with Crippen LogP contribution in [0.15, 0.2) is 36.9 Å². The first kappa shape index (κ1) is 10.3. The van der Waals surface area contributed by atoms with Crippen molar-refractivity contribution in [1.29, 1.82) is 5.41 Å². The lowest BCUT2D eigenvalue weighted by Crippen LogP contribution is -2.19. The monoisotopic (exact) mass is 190 g/mol. The molecule has 0 aliphatic heterocycles. The zero-order valence-electron chi connectivity index (χ0n) is 8.21. The third-order valence-corrected chi connectivity index (χ3v) is 1.85. The number of hydrogen-bond acceptors (Lipinski definition) is 2. The Morgan fingerprint density at radius 2 is 2.14 bits per heavy atom. The van der Waals surface area contributed by atoms with Crippen molar-refractivity contribution in [2.75, 3.05) is 7.11 Å². The Morgan fingerprint density at radius 1 is 1.50 bits per heavy atom. The topological polar surface area (TPSA) is 45.1 Å². The van der Waals surface area contributed by atoms with Crippen LogP contribution in [0, 0.1) is 5.41 Å². The maximum absolute atomic E-state index is 7.31. The van der Waals surface area contributed by atoms with Gasteiger partial charge in [-0.2, -0.15) is 0 Å². The summed E-state index contributed by atoms with van der Waals surface area (Å²) in [5.74, 6) is 1.17. The predicted molar refractivity (Wildman–Crippen MR) is 57.8 cm³/mol. The Bertz CT molecular complexity index is 317. The van der Waals surface area contributed by atoms with Crippen molar-refractivity contribution >= 4 is 5.84 Å². The number of benzene rings is 1. The minimum atomic E-state index is 0.334. The molecular formula is C11H14N2O. The molecule has 2 N–H and O–H groups in total. The number of methoxy groups -OCH3 is 1. The van der Waals surface area contributed by atoms with Gasteiger partial charge in [0.05, 0.1) is 7.11 Å². The van der Waals surface area contributed by atoms with Gasteiger partial charge < -0.3 is 10.1 Å². The van der Waals surface area contributed by atoms with Crippen molar-refractivity contribution in [3.63, 3.8) is 0 Å². The van der Waals surface area contributed by atoms with Crippen LogP contribution < -0.4 is 10.1 Å². The molecule has 0 spiro atoms. The van der Waals surface area contributed by atoms with Crippen LogP contribution in [0.25, 0.3) is 0 Å². The highest BCUT2D eigenvalue weighted by Crippen LogP contribution is 2.10. The molecule has 0 radical (unpaired) electrons. The summed E-state index contributed by atoms with van der Waals surface area (Å²) in [6.45, 7) is 4.13. The molecule has 1 aromatic carbocycles. The fourth-order valence-electron chi connectivity index (χ4n) is 1.01. The Balaban J connectivity index is 2.51. The summed E-state index contributed by atoms with van der Waals surface area (Å²) < 4.78 is 5.04. The van der Waals surface area contributed by atoms with Gasteiger partial charge in [-0.15, -0.1) is 0 Å². The standard InChI is InChI=1S/C11H14N2O/c1-3-11(12)13-8-9-4-6-10(14-2)7-5-9/h3-7H,1,8H2,2H3,(H2,12,13). The second kappa shape index (κ2) is 5.07. The average Bonchev–Trinajstić information content (AvgIpc) is 2.26. The van der Waals surface area contributed by atoms with Crippen molar-refractivity contribution < 1.29 is 4.74 Å². The smallest absolute Gasteiger partial charge is 0.118 e. The van der Waals surface area contributed by atoms with E-state index >= 15 is 0 Å². The Kier molecular flexibility index (Phi) is 3.73. The van der Waals surface area contributed by atoms with E-state index in [1.165, 1.54) is 6.08 Å². The lowest BCUT2D eigenvalue weighted by atomic mass is 10.2. The average molecular weight is 190 g/mol. The minimum absolute atomic E-state index is 0.334. The lowest BCUT2D eigenvalue weighted by Gasteiger charge is -2.05. The summed E-state index contributed by atoms with van der Waals surface area (Å²) in [6, 6.07) is 7.72. The molecule has 0 aromatic heterocycles. The van der Waals surface area contributed by atoms with Crippen LogP contribution in [-0.4, -0.2) is 12.9 Å². The number of amidine groups is 1. The molecule has 3 nitrogen and oxygen atoms in total. The van der Waals surface area contributed by atoms with Crippen LogP contribution in [0.4, 0.5) is 0 Å². The van der Waals surface area contributed by atoms with E-state index in [1.807, 2.05) is 24.3 Å². The van der Waals surface area contributed by atoms with Crippen molar-refractivity contribution in [2.45, 2.75) is 6.54 Å². The zero-order valence-corrected chi connectivity index (χ0v) is 8.21. The van der Waals surface area contributed by atoms with Crippen molar-refractivity contribution in [3.05, 3.63) is 42.5 Å². The molecule has 0 atom stereocenters. The number of ether oxygens (including phenoxy) is 1. The minimum Gasteiger partial charge on any atom is -0.497 e. The normalized spacial score (nSPS) is 9.21. The third-order valence-electron chi connectivity index (χ3n) is 1.85. The van der Waals surface area contributed by atoms with Crippen molar-refractivity contribution in [1.82, 2.24) is 5.32 Å². The zero-order chi connectivity index (χ0) is 10.4. The Labute approximate surface area is 83.9 Å². The second-order valence-electron chi connectivity index (χ2n) is 2.82. The van der Waals surface area contributed by atoms with Gasteiger partial charge >= 0.3 is 0 Å². The molecule has 0 saturated carbocycles. The van der Waals surface area contributed by atoms with Crippen LogP contribution in [0.3, 0.4) is 0 Å². The molecule has 0 aliphatic rings. The molecule has 74 valence electrons. The molecule has 0 aliphatic carbocycles. The molecule has 1 aromatic rings. The van der Waals surface area contributed by atoms with Crippen LogP contribution in [0.5, 0.6) is 5.75 Å². The van der Waals surface area contributed by atoms with E-state index in [-0.39, 0.29) is 0 Å². The van der Waals surface area contributed by atoms with Gasteiger partial charge in [0.15, 0.2) is 0 Å². The summed E-state index contributed by atoms with van der Waals surface area (Å²) in [7, 11) is 1.64. The van der Waals surface area contributed by atoms with Gasteiger partial charge in [-0.1, -0.05) is 18.7 Å². The molecular weight excluding hydrogens is 176 g/mol. The van der Waals surface area contributed by atoms with Gasteiger partial charge in [-0.3, -0.25) is 5.41 Å². The summed E-state index contributed by atoms with van der Waals surface area (Å²) in [4.78, 5) is 0. The molecule has 0 heterocycles. The summed E-state index contributed by atoms with van der Waals surface area (Å²) in [5, 5.41) is 10.2. The number of rotatable bonds is 4. The van der Waals surface area contributed by atoms with Gasteiger partial charge in [0.1, 0.15) is 11.6 Å². The summed E-state index contributed by atoms with van der Waals surface area (Å²) in [6.07, 6.45) is 1.48. The largest absolute Gasteiger partial charge is 0.497 e. The van der Waals surface area contributed by atoms with E-state index in [0.717, 1.165) is 11.3 Å². The van der Waals surface area contributed by atoms with Gasteiger partial charge in [-0.05, 0) is 23.8 Å². The SMILES string of the molecule is C=CC(=N)NCc1ccc(OC)cc1. The fourth-order valence-corrected chi connectivity index (χ4v) is 1.01. The first-order chi connectivity index (χ1) is 6.76. The molecule has 0 saturated heterocycles. The highest BCUT2D eigenvalue weighted by atomic mass is 16.5. The second-order valence-corrected chi connectivity index (χ2v) is 2.82. The summed E-state index contributed by atoms with van der Waals surface area (Å²) in [5.41, 5.74) is 1.11. The molecule has 1 rings (SSSR count). The van der Waals surface area contributed by atoms with Gasteiger partial charge in [0.25, 0.3) is 0 Å². The molecule has 0 unspecified atom stereocenters. The highest BCUT2D eigenvalue weighted by molar-refractivity contribution is 5.89. The van der Waals surface area contributed by atoms with Gasteiger partial charge in [0.2, 0.25) is 0 Å². The Hall–Kier alpha value is -1.77. The molecule has 0 bridgehead atoms. The molecule has 3 heteroatoms. The van der Waals surface area contributed by atoms with E-state index in [2.05, 4.69) is 11.9 Å². The number of nitrogens with one attached hydrogen (secondary N) is 2. The maximum atomic E-state index is 7.31. The first-order valence-electron chi connectivity index (χ1n) is 4.34. The van der Waals surface area contributed by atoms with Gasteiger partial charge in [0, 0.05) is 6.54 Å². The van der Waals surface area contributed by atoms with Crippen LogP contribution in [0.1, 0.15) is 5.56 Å². The van der Waals surface area contributed by atoms with E-state index in [9.17, 15) is 0 Å². The van der Waals surface area contributed by atoms with Crippen LogP contribution >= 0.6 is 0 Å². The third kappa shape index (κ3) is 2.94. The first-order valence-corrected chi connectivity index (χ1v) is 4.34. The van der Waals surface area contributed by atoms with Crippen molar-refractivity contribution in [2.24, 2.45) is 0 Å². The predicted octanol–water partition coefficient (Wildman–Crippen LogP) is 1.95. The summed E-state index contributed by atoms with van der Waals surface area (Å²) >= 11 is 0. The van der Waals surface area contributed by atoms with E-state index in [0.29, 0.717) is 12.4 Å². The quantitative estimate of drug-likeness (QED) is 0.563. The number of hydrogen-bond donors (Lipinski definition) is 2. The van der Waals surface area contributed by atoms with Crippen LogP contribution in [-0.2, 0) is 6.54 Å². The van der Waals surface area contributed by atoms with E-state index in [1.54, 1.807) is 7.11 Å². The highest BCUT2D eigenvalue weighted by Gasteiger charge is 1.94. The molecule has 14 heavy (non-hydrogen) atoms. The van der Waals surface area contributed by atoms with Gasteiger partial charge in [-0.25, -0.2) is 0 Å². The Morgan fingerprint density at radius 3 is 2.64 bits per heavy atom. The molecule has 0 amide bonds. The van der Waals surface area contributed by atoms with E-state index in [4.69, 9.17) is 10.1 Å². The lowest BCUT2D eigenvalue weighted by molar-refractivity contribution is 0.414. The van der Waals surface area contributed by atoms with Crippen LogP contribution in [0.2, 0.25) is 0 Å². The molecule has 0 fully saturated rings.